The fourth-order valence-corrected chi connectivity index (χ4v) is 2.31. The quantitative estimate of drug-likeness (QED) is 0.922. The van der Waals surface area contributed by atoms with Crippen molar-refractivity contribution in [1.29, 1.82) is 0 Å². The van der Waals surface area contributed by atoms with Crippen molar-refractivity contribution in [2.45, 2.75) is 19.5 Å². The first-order valence-electron chi connectivity index (χ1n) is 7.08. The van der Waals surface area contributed by atoms with Crippen LogP contribution in [-0.4, -0.2) is 29.9 Å². The molecule has 0 saturated carbocycles. The Kier molecular flexibility index (Phi) is 5.22. The van der Waals surface area contributed by atoms with E-state index in [2.05, 4.69) is 10.3 Å². The second-order valence-electron chi connectivity index (χ2n) is 5.44. The minimum Gasteiger partial charge on any atom is -0.350 e. The van der Waals surface area contributed by atoms with Gasteiger partial charge in [-0.05, 0) is 55.9 Å². The van der Waals surface area contributed by atoms with E-state index in [1.807, 2.05) is 32.0 Å². The highest BCUT2D eigenvalue weighted by Gasteiger charge is 2.22. The van der Waals surface area contributed by atoms with Gasteiger partial charge < -0.3 is 5.32 Å². The van der Waals surface area contributed by atoms with E-state index in [0.717, 1.165) is 16.7 Å². The summed E-state index contributed by atoms with van der Waals surface area (Å²) in [6.45, 7) is 2.40. The predicted octanol–water partition coefficient (Wildman–Crippen LogP) is 2.45. The summed E-state index contributed by atoms with van der Waals surface area (Å²) in [6.07, 6.45) is 3.47. The molecule has 1 heterocycles. The average molecular weight is 301 g/mol. The lowest BCUT2D eigenvalue weighted by molar-refractivity contribution is -0.125. The molecular formula is C17H20FN3O. The first kappa shape index (κ1) is 16.1. The number of nitrogens with zero attached hydrogens (tertiary/aromatic N) is 2. The van der Waals surface area contributed by atoms with E-state index in [1.165, 1.54) is 12.1 Å². The second kappa shape index (κ2) is 7.13. The molecule has 1 amide bonds. The first-order chi connectivity index (χ1) is 10.5. The Hall–Kier alpha value is -2.27. The third-order valence-electron chi connectivity index (χ3n) is 3.54. The zero-order chi connectivity index (χ0) is 16.1. The maximum Gasteiger partial charge on any atom is 0.242 e. The van der Waals surface area contributed by atoms with Gasteiger partial charge in [-0.3, -0.25) is 14.7 Å². The molecule has 4 nitrogen and oxygen atoms in total. The van der Waals surface area contributed by atoms with Gasteiger partial charge >= 0.3 is 0 Å². The Morgan fingerprint density at radius 3 is 2.55 bits per heavy atom. The summed E-state index contributed by atoms with van der Waals surface area (Å²) in [5, 5.41) is 2.93. The van der Waals surface area contributed by atoms with Gasteiger partial charge in [0, 0.05) is 18.9 Å². The van der Waals surface area contributed by atoms with Crippen LogP contribution in [0.5, 0.6) is 0 Å². The van der Waals surface area contributed by atoms with Gasteiger partial charge in [0.05, 0.1) is 0 Å². The summed E-state index contributed by atoms with van der Waals surface area (Å²) in [7, 11) is 3.65. The first-order valence-corrected chi connectivity index (χ1v) is 7.08. The number of hydrogen-bond acceptors (Lipinski definition) is 3. The van der Waals surface area contributed by atoms with Crippen LogP contribution >= 0.6 is 0 Å². The molecule has 22 heavy (non-hydrogen) atoms. The number of aryl methyl sites for hydroxylation is 1. The number of rotatable bonds is 5. The van der Waals surface area contributed by atoms with E-state index in [9.17, 15) is 9.18 Å². The maximum atomic E-state index is 13.0. The number of hydrogen-bond donors (Lipinski definition) is 1. The van der Waals surface area contributed by atoms with Crippen molar-refractivity contribution in [3.8, 4) is 0 Å². The van der Waals surface area contributed by atoms with Crippen LogP contribution in [0.4, 0.5) is 4.39 Å². The molecule has 2 rings (SSSR count). The van der Waals surface area contributed by atoms with Crippen LogP contribution in [-0.2, 0) is 11.3 Å². The van der Waals surface area contributed by atoms with Gasteiger partial charge in [0.2, 0.25) is 5.91 Å². The molecule has 0 bridgehead atoms. The molecule has 0 aliphatic rings. The summed E-state index contributed by atoms with van der Waals surface area (Å²) >= 11 is 0. The Morgan fingerprint density at radius 2 is 1.95 bits per heavy atom. The lowest BCUT2D eigenvalue weighted by Crippen LogP contribution is -2.36. The van der Waals surface area contributed by atoms with Crippen molar-refractivity contribution < 1.29 is 9.18 Å². The molecule has 116 valence electrons. The largest absolute Gasteiger partial charge is 0.350 e. The summed E-state index contributed by atoms with van der Waals surface area (Å²) < 4.78 is 13.0. The number of benzene rings is 1. The number of amides is 1. The smallest absolute Gasteiger partial charge is 0.242 e. The lowest BCUT2D eigenvalue weighted by Gasteiger charge is -2.24. The van der Waals surface area contributed by atoms with Crippen LogP contribution < -0.4 is 5.32 Å². The molecular weight excluding hydrogens is 281 g/mol. The molecule has 1 aromatic carbocycles. The van der Waals surface area contributed by atoms with Crippen LogP contribution in [0.1, 0.15) is 22.7 Å². The van der Waals surface area contributed by atoms with E-state index in [0.29, 0.717) is 6.54 Å². The zero-order valence-electron chi connectivity index (χ0n) is 13.0. The predicted molar refractivity (Wildman–Crippen MR) is 83.6 cm³/mol. The number of carbonyl (C=O) groups excluding carboxylic acids is 1. The molecule has 2 aromatic rings. The summed E-state index contributed by atoms with van der Waals surface area (Å²) in [4.78, 5) is 18.3. The minimum absolute atomic E-state index is 0.118. The minimum atomic E-state index is -0.456. The molecule has 0 aliphatic heterocycles. The van der Waals surface area contributed by atoms with Gasteiger partial charge in [-0.1, -0.05) is 12.1 Å². The summed E-state index contributed by atoms with van der Waals surface area (Å²) in [5.74, 6) is -0.429. The Bertz CT molecular complexity index is 641. The van der Waals surface area contributed by atoms with Crippen LogP contribution in [0.3, 0.4) is 0 Å². The molecule has 1 atom stereocenters. The molecule has 0 saturated heterocycles. The average Bonchev–Trinajstić information content (AvgIpc) is 2.48. The van der Waals surface area contributed by atoms with Gasteiger partial charge in [-0.25, -0.2) is 4.39 Å². The second-order valence-corrected chi connectivity index (χ2v) is 5.44. The Balaban J connectivity index is 2.10. The van der Waals surface area contributed by atoms with Gasteiger partial charge in [-0.2, -0.15) is 0 Å². The fourth-order valence-electron chi connectivity index (χ4n) is 2.31. The molecule has 1 N–H and O–H groups in total. The highest BCUT2D eigenvalue weighted by atomic mass is 19.1. The third kappa shape index (κ3) is 3.89. The number of likely N-dealkylation sites (N-methyl/N-ethyl adjacent to an activating group) is 1. The molecule has 0 spiro atoms. The molecule has 0 fully saturated rings. The number of pyridine rings is 1. The van der Waals surface area contributed by atoms with E-state index in [-0.39, 0.29) is 11.7 Å². The van der Waals surface area contributed by atoms with Crippen molar-refractivity contribution >= 4 is 5.91 Å². The number of nitrogens with one attached hydrogen (secondary N) is 1. The maximum absolute atomic E-state index is 13.0. The Labute approximate surface area is 130 Å². The van der Waals surface area contributed by atoms with Crippen LogP contribution in [0.2, 0.25) is 0 Å². The standard InChI is InChI=1S/C17H20FN3O/c1-12-10-19-9-8-14(12)11-20-17(22)16(21(2)3)13-4-6-15(18)7-5-13/h4-10,16H,11H2,1-3H3,(H,20,22)/t16-/m0/s1. The third-order valence-corrected chi connectivity index (χ3v) is 3.54. The van der Waals surface area contributed by atoms with E-state index in [4.69, 9.17) is 0 Å². The SMILES string of the molecule is Cc1cnccc1CNC(=O)[C@H](c1ccc(F)cc1)N(C)C. The van der Waals surface area contributed by atoms with Gasteiger partial charge in [0.25, 0.3) is 0 Å². The summed E-state index contributed by atoms with van der Waals surface area (Å²) in [6, 6.07) is 7.44. The normalized spacial score (nSPS) is 12.2. The topological polar surface area (TPSA) is 45.2 Å². The van der Waals surface area contributed by atoms with Crippen molar-refractivity contribution in [2.24, 2.45) is 0 Å². The summed E-state index contributed by atoms with van der Waals surface area (Å²) in [5.41, 5.74) is 2.82. The molecule has 0 unspecified atom stereocenters. The monoisotopic (exact) mass is 301 g/mol. The lowest BCUT2D eigenvalue weighted by atomic mass is 10.0. The van der Waals surface area contributed by atoms with Crippen LogP contribution in [0.15, 0.2) is 42.7 Å². The highest BCUT2D eigenvalue weighted by Crippen LogP contribution is 2.19. The molecule has 0 aliphatic carbocycles. The Morgan fingerprint density at radius 1 is 1.27 bits per heavy atom. The van der Waals surface area contributed by atoms with Crippen molar-refractivity contribution in [1.82, 2.24) is 15.2 Å². The highest BCUT2D eigenvalue weighted by molar-refractivity contribution is 5.83. The van der Waals surface area contributed by atoms with Crippen molar-refractivity contribution in [2.75, 3.05) is 14.1 Å². The number of aromatic nitrogens is 1. The van der Waals surface area contributed by atoms with Crippen LogP contribution in [0, 0.1) is 12.7 Å². The molecule has 0 radical (unpaired) electrons. The fraction of sp³-hybridized carbons (Fsp3) is 0.294. The molecule has 1 aromatic heterocycles. The van der Waals surface area contributed by atoms with Crippen molar-refractivity contribution in [3.63, 3.8) is 0 Å². The van der Waals surface area contributed by atoms with Gasteiger partial charge in [0.15, 0.2) is 0 Å². The number of carbonyl (C=O) groups is 1. The zero-order valence-corrected chi connectivity index (χ0v) is 13.0. The van der Waals surface area contributed by atoms with E-state index >= 15 is 0 Å². The van der Waals surface area contributed by atoms with Gasteiger partial charge in [-0.15, -0.1) is 0 Å². The van der Waals surface area contributed by atoms with Crippen LogP contribution in [0.25, 0.3) is 0 Å². The van der Waals surface area contributed by atoms with Gasteiger partial charge in [0.1, 0.15) is 11.9 Å². The van der Waals surface area contributed by atoms with Crippen molar-refractivity contribution in [3.05, 3.63) is 65.2 Å². The van der Waals surface area contributed by atoms with E-state index in [1.54, 1.807) is 24.5 Å². The van der Waals surface area contributed by atoms with E-state index < -0.39 is 6.04 Å². The molecule has 5 heteroatoms. The number of halogens is 1.